The average Bonchev–Trinajstić information content (AvgIpc) is 2.49. The lowest BCUT2D eigenvalue weighted by Crippen LogP contribution is -2.45. The van der Waals surface area contributed by atoms with Gasteiger partial charge in [-0.3, -0.25) is 9.69 Å². The molecule has 1 aromatic rings. The van der Waals surface area contributed by atoms with E-state index in [2.05, 4.69) is 6.92 Å². The zero-order chi connectivity index (χ0) is 15.4. The first kappa shape index (κ1) is 15.8. The summed E-state index contributed by atoms with van der Waals surface area (Å²) < 4.78 is 10.8. The van der Waals surface area contributed by atoms with Crippen LogP contribution in [0.3, 0.4) is 0 Å². The van der Waals surface area contributed by atoms with Gasteiger partial charge in [0, 0.05) is 13.2 Å². The molecule has 116 valence electrons. The summed E-state index contributed by atoms with van der Waals surface area (Å²) in [4.78, 5) is 13.8. The number of hydrogen-bond donors (Lipinski definition) is 1. The number of nitrogens with zero attached hydrogens (tertiary/aromatic N) is 1. The Balaban J connectivity index is 2.30. The lowest BCUT2D eigenvalue weighted by Gasteiger charge is -2.33. The Kier molecular flexibility index (Phi) is 5.20. The minimum Gasteiger partial charge on any atom is -0.479 e. The minimum absolute atomic E-state index is 0.0194. The molecule has 2 N–H and O–H groups in total. The largest absolute Gasteiger partial charge is 0.479 e. The van der Waals surface area contributed by atoms with E-state index in [4.69, 9.17) is 15.2 Å². The van der Waals surface area contributed by atoms with Gasteiger partial charge in [0.1, 0.15) is 12.5 Å². The molecule has 2 unspecified atom stereocenters. The predicted molar refractivity (Wildman–Crippen MR) is 82.3 cm³/mol. The molecule has 5 nitrogen and oxygen atoms in total. The van der Waals surface area contributed by atoms with Crippen LogP contribution in [0.2, 0.25) is 0 Å². The van der Waals surface area contributed by atoms with Crippen molar-refractivity contribution in [1.29, 1.82) is 0 Å². The molecule has 0 spiro atoms. The monoisotopic (exact) mass is 292 g/mol. The van der Waals surface area contributed by atoms with Crippen LogP contribution in [0.1, 0.15) is 44.7 Å². The lowest BCUT2D eigenvalue weighted by molar-refractivity contribution is -0.126. The summed E-state index contributed by atoms with van der Waals surface area (Å²) in [6, 6.07) is 5.79. The Hall–Kier alpha value is -1.59. The van der Waals surface area contributed by atoms with Gasteiger partial charge in [-0.1, -0.05) is 25.8 Å². The van der Waals surface area contributed by atoms with Crippen LogP contribution >= 0.6 is 0 Å². The van der Waals surface area contributed by atoms with Crippen LogP contribution in [0, 0.1) is 0 Å². The fraction of sp³-hybridized carbons (Fsp3) is 0.562. The van der Waals surface area contributed by atoms with Crippen molar-refractivity contribution in [2.75, 3.05) is 18.7 Å². The Bertz CT molecular complexity index is 504. The second-order valence-electron chi connectivity index (χ2n) is 5.42. The average molecular weight is 292 g/mol. The van der Waals surface area contributed by atoms with Crippen LogP contribution < -0.4 is 15.4 Å². The Morgan fingerprint density at radius 3 is 2.90 bits per heavy atom. The third-order valence-corrected chi connectivity index (χ3v) is 3.75. The number of methoxy groups -OCH3 is 1. The molecule has 0 radical (unpaired) electrons. The van der Waals surface area contributed by atoms with E-state index in [0.29, 0.717) is 5.75 Å². The van der Waals surface area contributed by atoms with Crippen LogP contribution in [-0.4, -0.2) is 25.9 Å². The molecule has 0 aromatic heterocycles. The summed E-state index contributed by atoms with van der Waals surface area (Å²) in [6.07, 6.45) is 2.65. The quantitative estimate of drug-likeness (QED) is 0.875. The third kappa shape index (κ3) is 3.36. The molecule has 0 aliphatic carbocycles. The molecule has 1 amide bonds. The Labute approximate surface area is 126 Å². The Morgan fingerprint density at radius 1 is 1.48 bits per heavy atom. The van der Waals surface area contributed by atoms with Crippen LogP contribution in [-0.2, 0) is 9.53 Å². The normalized spacial score (nSPS) is 19.1. The first-order valence-electron chi connectivity index (χ1n) is 7.45. The van der Waals surface area contributed by atoms with E-state index in [-0.39, 0.29) is 18.7 Å². The highest BCUT2D eigenvalue weighted by atomic mass is 16.5. The van der Waals surface area contributed by atoms with Gasteiger partial charge in [-0.05, 0) is 31.0 Å². The second kappa shape index (κ2) is 6.91. The summed E-state index contributed by atoms with van der Waals surface area (Å²) in [5.74, 6) is 0.606. The first-order chi connectivity index (χ1) is 10.1. The zero-order valence-electron chi connectivity index (χ0n) is 13.0. The number of ether oxygens (including phenoxy) is 2. The van der Waals surface area contributed by atoms with Crippen molar-refractivity contribution in [1.82, 2.24) is 0 Å². The van der Waals surface area contributed by atoms with Crippen molar-refractivity contribution in [3.8, 4) is 5.75 Å². The summed E-state index contributed by atoms with van der Waals surface area (Å²) >= 11 is 0. The molecule has 21 heavy (non-hydrogen) atoms. The molecule has 0 saturated heterocycles. The second-order valence-corrected chi connectivity index (χ2v) is 5.42. The highest BCUT2D eigenvalue weighted by Gasteiger charge is 2.31. The number of amides is 1. The predicted octanol–water partition coefficient (Wildman–Crippen LogP) is 2.59. The minimum atomic E-state index is -0.493. The number of carbonyl (C=O) groups excluding carboxylic acids is 1. The number of hydrogen-bond acceptors (Lipinski definition) is 4. The van der Waals surface area contributed by atoms with Crippen molar-refractivity contribution in [2.45, 2.75) is 45.3 Å². The topological polar surface area (TPSA) is 64.8 Å². The molecule has 1 heterocycles. The van der Waals surface area contributed by atoms with E-state index in [1.165, 1.54) is 0 Å². The van der Waals surface area contributed by atoms with Gasteiger partial charge in [-0.25, -0.2) is 0 Å². The molecule has 2 rings (SSSR count). The maximum absolute atomic E-state index is 12.2. The number of benzene rings is 1. The van der Waals surface area contributed by atoms with E-state index < -0.39 is 6.10 Å². The molecule has 0 bridgehead atoms. The fourth-order valence-corrected chi connectivity index (χ4v) is 2.51. The number of unbranched alkanes of at least 4 members (excludes halogenated alkanes) is 1. The standard InChI is InChI=1S/C16H24N2O3/c1-4-5-6-13(17)12-7-8-15-14(9-12)18(10-20-3)16(19)11(2)21-15/h7-9,11,13H,4-6,10,17H2,1-3H3. The van der Waals surface area contributed by atoms with Crippen LogP contribution in [0.15, 0.2) is 18.2 Å². The van der Waals surface area contributed by atoms with Crippen molar-refractivity contribution in [3.05, 3.63) is 23.8 Å². The summed E-state index contributed by atoms with van der Waals surface area (Å²) in [6.45, 7) is 4.11. The van der Waals surface area contributed by atoms with E-state index in [1.54, 1.807) is 18.9 Å². The molecule has 0 saturated carbocycles. The van der Waals surface area contributed by atoms with Gasteiger partial charge < -0.3 is 15.2 Å². The number of fused-ring (bicyclic) bond motifs is 1. The van der Waals surface area contributed by atoms with Crippen molar-refractivity contribution >= 4 is 11.6 Å². The lowest BCUT2D eigenvalue weighted by atomic mass is 10.0. The van der Waals surface area contributed by atoms with Gasteiger partial charge in [-0.15, -0.1) is 0 Å². The van der Waals surface area contributed by atoms with Crippen molar-refractivity contribution < 1.29 is 14.3 Å². The van der Waals surface area contributed by atoms with Gasteiger partial charge in [-0.2, -0.15) is 0 Å². The van der Waals surface area contributed by atoms with E-state index in [9.17, 15) is 4.79 Å². The van der Waals surface area contributed by atoms with E-state index >= 15 is 0 Å². The first-order valence-corrected chi connectivity index (χ1v) is 7.45. The van der Waals surface area contributed by atoms with Crippen LogP contribution in [0.5, 0.6) is 5.75 Å². The molecule has 5 heteroatoms. The fourth-order valence-electron chi connectivity index (χ4n) is 2.51. The zero-order valence-corrected chi connectivity index (χ0v) is 13.0. The smallest absolute Gasteiger partial charge is 0.269 e. The maximum Gasteiger partial charge on any atom is 0.269 e. The van der Waals surface area contributed by atoms with Crippen LogP contribution in [0.4, 0.5) is 5.69 Å². The highest BCUT2D eigenvalue weighted by Crippen LogP contribution is 2.36. The van der Waals surface area contributed by atoms with Gasteiger partial charge in [0.2, 0.25) is 0 Å². The molecule has 0 fully saturated rings. The SMILES string of the molecule is CCCCC(N)c1ccc2c(c1)N(COC)C(=O)C(C)O2. The third-order valence-electron chi connectivity index (χ3n) is 3.75. The van der Waals surface area contributed by atoms with E-state index in [1.807, 2.05) is 18.2 Å². The highest BCUT2D eigenvalue weighted by molar-refractivity contribution is 5.99. The summed E-state index contributed by atoms with van der Waals surface area (Å²) in [5, 5.41) is 0. The number of carbonyl (C=O) groups is 1. The summed E-state index contributed by atoms with van der Waals surface area (Å²) in [5.41, 5.74) is 7.98. The molecule has 2 atom stereocenters. The molecular weight excluding hydrogens is 268 g/mol. The van der Waals surface area contributed by atoms with E-state index in [0.717, 1.165) is 30.5 Å². The molecule has 1 aromatic carbocycles. The molecule has 1 aliphatic heterocycles. The van der Waals surface area contributed by atoms with Gasteiger partial charge >= 0.3 is 0 Å². The van der Waals surface area contributed by atoms with Gasteiger partial charge in [0.05, 0.1) is 5.69 Å². The van der Waals surface area contributed by atoms with Crippen LogP contribution in [0.25, 0.3) is 0 Å². The maximum atomic E-state index is 12.2. The Morgan fingerprint density at radius 2 is 2.24 bits per heavy atom. The van der Waals surface area contributed by atoms with Gasteiger partial charge in [0.15, 0.2) is 6.10 Å². The number of rotatable bonds is 6. The van der Waals surface area contributed by atoms with Gasteiger partial charge in [0.25, 0.3) is 5.91 Å². The number of nitrogens with two attached hydrogens (primary N) is 1. The molecule has 1 aliphatic rings. The van der Waals surface area contributed by atoms with Crippen molar-refractivity contribution in [2.24, 2.45) is 5.73 Å². The molecular formula is C16H24N2O3. The van der Waals surface area contributed by atoms with Crippen molar-refractivity contribution in [3.63, 3.8) is 0 Å². The number of anilines is 1. The summed E-state index contributed by atoms with van der Waals surface area (Å²) in [7, 11) is 1.57.